The number of aromatic nitrogens is 1. The van der Waals surface area contributed by atoms with E-state index in [0.717, 1.165) is 0 Å². The Balaban J connectivity index is 2.10. The van der Waals surface area contributed by atoms with Gasteiger partial charge in [0.1, 0.15) is 10.8 Å². The van der Waals surface area contributed by atoms with Gasteiger partial charge in [-0.15, -0.1) is 11.3 Å². The van der Waals surface area contributed by atoms with Gasteiger partial charge in [0.05, 0.1) is 22.3 Å². The summed E-state index contributed by atoms with van der Waals surface area (Å²) in [5.74, 6) is -0.176. The number of benzene rings is 1. The predicted molar refractivity (Wildman–Crippen MR) is 101 cm³/mol. The number of nitrogens with zero attached hydrogens (tertiary/aromatic N) is 1. The molecule has 0 aliphatic heterocycles. The first-order valence-corrected chi connectivity index (χ1v) is 12.2. The molecule has 156 valence electrons. The van der Waals surface area contributed by atoms with Crippen LogP contribution in [0.1, 0.15) is 25.3 Å². The van der Waals surface area contributed by atoms with E-state index >= 15 is 0 Å². The van der Waals surface area contributed by atoms with Crippen molar-refractivity contribution >= 4 is 31.2 Å². The number of nitrogens with one attached hydrogen (secondary N) is 1. The summed E-state index contributed by atoms with van der Waals surface area (Å²) in [7, 11) is -7.34. The fourth-order valence-electron chi connectivity index (χ4n) is 2.06. The summed E-state index contributed by atoms with van der Waals surface area (Å²) in [6.07, 6.45) is -5.71. The molecule has 0 aliphatic rings. The first kappa shape index (κ1) is 22.8. The summed E-state index contributed by atoms with van der Waals surface area (Å²) in [6, 6.07) is 5.45. The van der Waals surface area contributed by atoms with Gasteiger partial charge < -0.3 is 0 Å². The Morgan fingerprint density at radius 3 is 2.25 bits per heavy atom. The molecule has 0 unspecified atom stereocenters. The van der Waals surface area contributed by atoms with E-state index in [1.165, 1.54) is 35.6 Å². The number of rotatable bonds is 8. The molecule has 0 radical (unpaired) electrons. The number of alkyl halides is 3. The van der Waals surface area contributed by atoms with E-state index in [1.807, 2.05) is 4.72 Å². The largest absolute Gasteiger partial charge is 0.390 e. The van der Waals surface area contributed by atoms with E-state index in [9.17, 15) is 30.0 Å². The van der Waals surface area contributed by atoms with Crippen LogP contribution in [0, 0.1) is 0 Å². The summed E-state index contributed by atoms with van der Waals surface area (Å²) < 4.78 is 86.3. The molecule has 0 fully saturated rings. The minimum Gasteiger partial charge on any atom is -0.240 e. The van der Waals surface area contributed by atoms with Crippen molar-refractivity contribution in [2.75, 3.05) is 6.54 Å². The predicted octanol–water partition coefficient (Wildman–Crippen LogP) is 3.36. The lowest BCUT2D eigenvalue weighted by Gasteiger charge is -2.09. The van der Waals surface area contributed by atoms with Gasteiger partial charge in [-0.25, -0.2) is 26.5 Å². The maximum atomic E-state index is 12.1. The molecular formula is C16H19F3N2O4S3. The first-order valence-electron chi connectivity index (χ1n) is 8.13. The molecule has 2 rings (SSSR count). The van der Waals surface area contributed by atoms with Crippen LogP contribution in [0.15, 0.2) is 34.5 Å². The second-order valence-corrected chi connectivity index (χ2v) is 11.5. The highest BCUT2D eigenvalue weighted by molar-refractivity contribution is 7.91. The van der Waals surface area contributed by atoms with Crippen LogP contribution in [0.4, 0.5) is 13.2 Å². The minimum atomic E-state index is -4.45. The second kappa shape index (κ2) is 8.47. The fraction of sp³-hybridized carbons (Fsp3) is 0.438. The summed E-state index contributed by atoms with van der Waals surface area (Å²) in [5, 5.41) is 1.57. The molecule has 1 aromatic heterocycles. The van der Waals surface area contributed by atoms with E-state index in [2.05, 4.69) is 4.98 Å². The maximum Gasteiger partial charge on any atom is 0.390 e. The van der Waals surface area contributed by atoms with Crippen molar-refractivity contribution in [2.45, 2.75) is 42.3 Å². The molecule has 1 heterocycles. The van der Waals surface area contributed by atoms with Gasteiger partial charge in [-0.3, -0.25) is 0 Å². The normalized spacial score (nSPS) is 13.2. The zero-order valence-electron chi connectivity index (χ0n) is 15.0. The van der Waals surface area contributed by atoms with E-state index in [0.29, 0.717) is 16.3 Å². The second-order valence-electron chi connectivity index (χ2n) is 6.27. The molecule has 12 heteroatoms. The van der Waals surface area contributed by atoms with Crippen molar-refractivity contribution < 1.29 is 30.0 Å². The average molecular weight is 457 g/mol. The van der Waals surface area contributed by atoms with Crippen LogP contribution in [0.25, 0.3) is 11.3 Å². The van der Waals surface area contributed by atoms with Crippen molar-refractivity contribution in [3.05, 3.63) is 34.7 Å². The van der Waals surface area contributed by atoms with Gasteiger partial charge in [-0.1, -0.05) is 12.1 Å². The number of halogens is 3. The van der Waals surface area contributed by atoms with E-state index in [-0.39, 0.29) is 10.6 Å². The van der Waals surface area contributed by atoms with Gasteiger partial charge in [0, 0.05) is 17.5 Å². The average Bonchev–Trinajstić information content (AvgIpc) is 3.01. The number of sulfonamides is 1. The lowest BCUT2D eigenvalue weighted by atomic mass is 10.2. The van der Waals surface area contributed by atoms with Crippen LogP contribution < -0.4 is 4.72 Å². The van der Waals surface area contributed by atoms with Crippen LogP contribution >= 0.6 is 11.3 Å². The molecule has 1 N–H and O–H groups in total. The Labute approximate surface area is 165 Å². The minimum absolute atomic E-state index is 0.170. The molecule has 1 aromatic carbocycles. The van der Waals surface area contributed by atoms with Crippen LogP contribution in [0.3, 0.4) is 0 Å². The zero-order chi connectivity index (χ0) is 21.2. The van der Waals surface area contributed by atoms with Crippen molar-refractivity contribution in [3.8, 4) is 11.3 Å². The monoisotopic (exact) mass is 456 g/mol. The van der Waals surface area contributed by atoms with Gasteiger partial charge in [-0.2, -0.15) is 13.2 Å². The summed E-state index contributed by atoms with van der Waals surface area (Å²) >= 11 is 1.18. The number of thiazole rings is 1. The Hall–Kier alpha value is -1.50. The van der Waals surface area contributed by atoms with E-state index in [1.54, 1.807) is 19.2 Å². The Bertz CT molecular complexity index is 1010. The van der Waals surface area contributed by atoms with Gasteiger partial charge >= 0.3 is 6.18 Å². The quantitative estimate of drug-likeness (QED) is 0.658. The van der Waals surface area contributed by atoms with Crippen LogP contribution in [0.5, 0.6) is 0 Å². The van der Waals surface area contributed by atoms with Crippen molar-refractivity contribution in [1.82, 2.24) is 9.71 Å². The topological polar surface area (TPSA) is 93.2 Å². The standard InChI is InChI=1S/C16H19F3N2O4S3/c1-11(2)27(22,23)10-15-21-14(9-26-15)12-3-5-13(6-4-12)28(24,25)20-8-7-16(17,18)19/h3-6,9,11,20H,7-8,10H2,1-2H3. The van der Waals surface area contributed by atoms with Crippen molar-refractivity contribution in [3.63, 3.8) is 0 Å². The fourth-order valence-corrected chi connectivity index (χ4v) is 5.19. The highest BCUT2D eigenvalue weighted by Gasteiger charge is 2.27. The number of sulfone groups is 1. The molecule has 0 atom stereocenters. The van der Waals surface area contributed by atoms with Gasteiger partial charge in [0.25, 0.3) is 0 Å². The van der Waals surface area contributed by atoms with Crippen molar-refractivity contribution in [1.29, 1.82) is 0 Å². The molecule has 0 amide bonds. The molecular weight excluding hydrogens is 437 g/mol. The molecule has 0 aliphatic carbocycles. The lowest BCUT2D eigenvalue weighted by Crippen LogP contribution is -2.28. The zero-order valence-corrected chi connectivity index (χ0v) is 17.5. The smallest absolute Gasteiger partial charge is 0.240 e. The first-order chi connectivity index (χ1) is 12.8. The summed E-state index contributed by atoms with van der Waals surface area (Å²) in [6.45, 7) is 2.44. The number of hydrogen-bond acceptors (Lipinski definition) is 6. The summed E-state index contributed by atoms with van der Waals surface area (Å²) in [5.41, 5.74) is 1.06. The summed E-state index contributed by atoms with van der Waals surface area (Å²) in [4.78, 5) is 4.10. The highest BCUT2D eigenvalue weighted by atomic mass is 32.2. The highest BCUT2D eigenvalue weighted by Crippen LogP contribution is 2.25. The molecule has 2 aromatic rings. The molecule has 28 heavy (non-hydrogen) atoms. The Morgan fingerprint density at radius 1 is 1.11 bits per heavy atom. The van der Waals surface area contributed by atoms with E-state index < -0.39 is 44.3 Å². The van der Waals surface area contributed by atoms with Crippen LogP contribution in [0.2, 0.25) is 0 Å². The van der Waals surface area contributed by atoms with Crippen LogP contribution in [-0.4, -0.2) is 39.8 Å². The van der Waals surface area contributed by atoms with Gasteiger partial charge in [0.2, 0.25) is 10.0 Å². The Kier molecular flexibility index (Phi) is 6.90. The third-order valence-electron chi connectivity index (χ3n) is 3.76. The van der Waals surface area contributed by atoms with E-state index in [4.69, 9.17) is 0 Å². The van der Waals surface area contributed by atoms with Crippen molar-refractivity contribution in [2.24, 2.45) is 0 Å². The molecule has 0 spiro atoms. The maximum absolute atomic E-state index is 12.1. The Morgan fingerprint density at radius 2 is 1.71 bits per heavy atom. The molecule has 0 bridgehead atoms. The van der Waals surface area contributed by atoms with Crippen LogP contribution in [-0.2, 0) is 25.6 Å². The van der Waals surface area contributed by atoms with Gasteiger partial charge in [0.15, 0.2) is 9.84 Å². The SMILES string of the molecule is CC(C)S(=O)(=O)Cc1nc(-c2ccc(S(=O)(=O)NCCC(F)(F)F)cc2)cs1. The third kappa shape index (κ3) is 6.26. The molecule has 0 saturated heterocycles. The molecule has 0 saturated carbocycles. The lowest BCUT2D eigenvalue weighted by molar-refractivity contribution is -0.132. The molecule has 6 nitrogen and oxygen atoms in total. The third-order valence-corrected chi connectivity index (χ3v) is 8.38. The van der Waals surface area contributed by atoms with Gasteiger partial charge in [-0.05, 0) is 26.0 Å². The number of hydrogen-bond donors (Lipinski definition) is 1.